The molecule has 1 rings (SSSR count). The Morgan fingerprint density at radius 3 is 2.33 bits per heavy atom. The van der Waals surface area contributed by atoms with Gasteiger partial charge in [0.15, 0.2) is 0 Å². The van der Waals surface area contributed by atoms with Gasteiger partial charge in [-0.05, 0) is 25.2 Å². The van der Waals surface area contributed by atoms with Gasteiger partial charge < -0.3 is 4.74 Å². The lowest BCUT2D eigenvalue weighted by atomic mass is 9.82. The molecule has 0 amide bonds. The molecule has 1 aliphatic rings. The Kier molecular flexibility index (Phi) is 2.48. The van der Waals surface area contributed by atoms with Crippen LogP contribution in [0.3, 0.4) is 0 Å². The highest BCUT2D eigenvalue weighted by atomic mass is 19.1. The predicted octanol–water partition coefficient (Wildman–Crippen LogP) is 2.94. The van der Waals surface area contributed by atoms with Crippen molar-refractivity contribution in [1.29, 1.82) is 0 Å². The standard InChI is InChI=1S/C10H19FO/c1-9(2,3)8-5-6-10(4,11)7-12-8/h8H,5-7H2,1-4H3. The second-order valence-electron chi connectivity index (χ2n) is 5.12. The van der Waals surface area contributed by atoms with Crippen LogP contribution in [0, 0.1) is 5.41 Å². The van der Waals surface area contributed by atoms with E-state index in [2.05, 4.69) is 20.8 Å². The zero-order chi connectivity index (χ0) is 9.41. The number of alkyl halides is 1. The molecule has 1 saturated heterocycles. The van der Waals surface area contributed by atoms with E-state index in [0.29, 0.717) is 6.42 Å². The van der Waals surface area contributed by atoms with E-state index in [1.165, 1.54) is 0 Å². The minimum absolute atomic E-state index is 0.149. The van der Waals surface area contributed by atoms with Crippen molar-refractivity contribution in [3.05, 3.63) is 0 Å². The van der Waals surface area contributed by atoms with Crippen LogP contribution in [-0.4, -0.2) is 18.4 Å². The summed E-state index contributed by atoms with van der Waals surface area (Å²) in [5, 5.41) is 0. The maximum Gasteiger partial charge on any atom is 0.131 e. The predicted molar refractivity (Wildman–Crippen MR) is 47.9 cm³/mol. The Morgan fingerprint density at radius 2 is 2.00 bits per heavy atom. The molecular formula is C10H19FO. The number of halogens is 1. The molecule has 0 aromatic carbocycles. The Labute approximate surface area is 74.3 Å². The highest BCUT2D eigenvalue weighted by Crippen LogP contribution is 2.34. The molecule has 0 aliphatic carbocycles. The second-order valence-corrected chi connectivity index (χ2v) is 5.12. The average Bonchev–Trinajstić information content (AvgIpc) is 1.83. The summed E-state index contributed by atoms with van der Waals surface area (Å²) in [4.78, 5) is 0. The lowest BCUT2D eigenvalue weighted by Gasteiger charge is -2.38. The third-order valence-corrected chi connectivity index (χ3v) is 2.48. The number of ether oxygens (including phenoxy) is 1. The molecule has 1 heterocycles. The van der Waals surface area contributed by atoms with Crippen LogP contribution >= 0.6 is 0 Å². The third kappa shape index (κ3) is 2.44. The molecule has 0 bridgehead atoms. The van der Waals surface area contributed by atoms with Crippen molar-refractivity contribution in [2.45, 2.75) is 52.3 Å². The van der Waals surface area contributed by atoms with Crippen molar-refractivity contribution < 1.29 is 9.13 Å². The van der Waals surface area contributed by atoms with Crippen molar-refractivity contribution in [3.8, 4) is 0 Å². The first-order chi connectivity index (χ1) is 5.31. The van der Waals surface area contributed by atoms with Gasteiger partial charge in [0.2, 0.25) is 0 Å². The Balaban J connectivity index is 2.47. The van der Waals surface area contributed by atoms with Crippen LogP contribution in [0.4, 0.5) is 4.39 Å². The molecule has 2 unspecified atom stereocenters. The van der Waals surface area contributed by atoms with Crippen LogP contribution in [0.15, 0.2) is 0 Å². The minimum atomic E-state index is -1.10. The summed E-state index contributed by atoms with van der Waals surface area (Å²) >= 11 is 0. The molecule has 0 radical (unpaired) electrons. The van der Waals surface area contributed by atoms with Gasteiger partial charge in [0.1, 0.15) is 5.67 Å². The summed E-state index contributed by atoms with van der Waals surface area (Å²) in [5.74, 6) is 0. The first-order valence-electron chi connectivity index (χ1n) is 4.62. The van der Waals surface area contributed by atoms with Gasteiger partial charge in [0.05, 0.1) is 12.7 Å². The van der Waals surface area contributed by atoms with Gasteiger partial charge in [-0.3, -0.25) is 0 Å². The molecule has 12 heavy (non-hydrogen) atoms. The molecule has 1 aliphatic heterocycles. The zero-order valence-electron chi connectivity index (χ0n) is 8.48. The highest BCUT2D eigenvalue weighted by Gasteiger charge is 2.36. The van der Waals surface area contributed by atoms with Gasteiger partial charge in [-0.2, -0.15) is 0 Å². The zero-order valence-corrected chi connectivity index (χ0v) is 8.48. The van der Waals surface area contributed by atoms with Crippen molar-refractivity contribution >= 4 is 0 Å². The van der Waals surface area contributed by atoms with Gasteiger partial charge in [-0.15, -0.1) is 0 Å². The molecule has 0 aromatic rings. The largest absolute Gasteiger partial charge is 0.374 e. The van der Waals surface area contributed by atoms with E-state index in [1.807, 2.05) is 0 Å². The highest BCUT2D eigenvalue weighted by molar-refractivity contribution is 4.85. The molecule has 72 valence electrons. The first-order valence-corrected chi connectivity index (χ1v) is 4.62. The van der Waals surface area contributed by atoms with Crippen molar-refractivity contribution in [1.82, 2.24) is 0 Å². The Hall–Kier alpha value is -0.110. The smallest absolute Gasteiger partial charge is 0.131 e. The summed E-state index contributed by atoms with van der Waals surface area (Å²) in [6, 6.07) is 0. The quantitative estimate of drug-likeness (QED) is 0.548. The van der Waals surface area contributed by atoms with Crippen molar-refractivity contribution in [2.75, 3.05) is 6.61 Å². The molecule has 0 aromatic heterocycles. The monoisotopic (exact) mass is 174 g/mol. The normalized spacial score (nSPS) is 38.2. The van der Waals surface area contributed by atoms with Crippen LogP contribution in [0.5, 0.6) is 0 Å². The van der Waals surface area contributed by atoms with Crippen LogP contribution in [0.25, 0.3) is 0 Å². The van der Waals surface area contributed by atoms with Crippen molar-refractivity contribution in [3.63, 3.8) is 0 Å². The van der Waals surface area contributed by atoms with E-state index in [-0.39, 0.29) is 18.1 Å². The molecule has 2 atom stereocenters. The average molecular weight is 174 g/mol. The fraction of sp³-hybridized carbons (Fsp3) is 1.00. The fourth-order valence-electron chi connectivity index (χ4n) is 1.54. The first kappa shape index (κ1) is 9.97. The maximum atomic E-state index is 13.3. The van der Waals surface area contributed by atoms with E-state index in [4.69, 9.17) is 4.74 Å². The van der Waals surface area contributed by atoms with Gasteiger partial charge in [0.25, 0.3) is 0 Å². The summed E-state index contributed by atoms with van der Waals surface area (Å²) in [5.41, 5.74) is -0.946. The number of hydrogen-bond acceptors (Lipinski definition) is 1. The van der Waals surface area contributed by atoms with E-state index in [0.717, 1.165) is 6.42 Å². The van der Waals surface area contributed by atoms with Crippen LogP contribution in [0.2, 0.25) is 0 Å². The Morgan fingerprint density at radius 1 is 1.42 bits per heavy atom. The fourth-order valence-corrected chi connectivity index (χ4v) is 1.54. The number of hydrogen-bond donors (Lipinski definition) is 0. The van der Waals surface area contributed by atoms with E-state index in [9.17, 15) is 4.39 Å². The van der Waals surface area contributed by atoms with Crippen LogP contribution in [-0.2, 0) is 4.74 Å². The van der Waals surface area contributed by atoms with Crippen molar-refractivity contribution in [2.24, 2.45) is 5.41 Å². The lowest BCUT2D eigenvalue weighted by molar-refractivity contribution is -0.109. The van der Waals surface area contributed by atoms with Gasteiger partial charge in [-0.1, -0.05) is 20.8 Å². The van der Waals surface area contributed by atoms with E-state index >= 15 is 0 Å². The van der Waals surface area contributed by atoms with Gasteiger partial charge in [0, 0.05) is 0 Å². The SMILES string of the molecule is CC1(F)CCC(C(C)(C)C)OC1. The lowest BCUT2D eigenvalue weighted by Crippen LogP contribution is -2.41. The molecule has 2 heteroatoms. The molecule has 0 N–H and O–H groups in total. The summed E-state index contributed by atoms with van der Waals surface area (Å²) < 4.78 is 18.8. The molecule has 1 fully saturated rings. The maximum absolute atomic E-state index is 13.3. The van der Waals surface area contributed by atoms with E-state index < -0.39 is 5.67 Å². The summed E-state index contributed by atoms with van der Waals surface area (Å²) in [7, 11) is 0. The molecular weight excluding hydrogens is 155 g/mol. The third-order valence-electron chi connectivity index (χ3n) is 2.48. The molecule has 0 spiro atoms. The summed E-state index contributed by atoms with van der Waals surface area (Å²) in [6.07, 6.45) is 1.70. The Bertz CT molecular complexity index is 148. The van der Waals surface area contributed by atoms with Gasteiger partial charge in [-0.25, -0.2) is 4.39 Å². The number of rotatable bonds is 0. The topological polar surface area (TPSA) is 9.23 Å². The molecule has 0 saturated carbocycles. The second kappa shape index (κ2) is 2.99. The van der Waals surface area contributed by atoms with Crippen LogP contribution < -0.4 is 0 Å². The van der Waals surface area contributed by atoms with Crippen LogP contribution in [0.1, 0.15) is 40.5 Å². The van der Waals surface area contributed by atoms with Gasteiger partial charge >= 0.3 is 0 Å². The minimum Gasteiger partial charge on any atom is -0.374 e. The summed E-state index contributed by atoms with van der Waals surface area (Å²) in [6.45, 7) is 8.29. The molecule has 1 nitrogen and oxygen atoms in total. The van der Waals surface area contributed by atoms with E-state index in [1.54, 1.807) is 6.92 Å².